The van der Waals surface area contributed by atoms with E-state index in [9.17, 15) is 21.6 Å². The highest BCUT2D eigenvalue weighted by Gasteiger charge is 2.37. The lowest BCUT2D eigenvalue weighted by Crippen LogP contribution is -2.07. The van der Waals surface area contributed by atoms with Crippen molar-refractivity contribution in [1.29, 1.82) is 0 Å². The second-order valence-corrected chi connectivity index (χ2v) is 6.38. The summed E-state index contributed by atoms with van der Waals surface area (Å²) in [4.78, 5) is 0.0518. The minimum Gasteiger partial charge on any atom is -0.282 e. The topological polar surface area (TPSA) is 62.8 Å². The van der Waals surface area contributed by atoms with Crippen LogP contribution in [0.2, 0.25) is 0 Å². The molecule has 1 aromatic heterocycles. The molecule has 108 valence electrons. The van der Waals surface area contributed by atoms with Gasteiger partial charge in [-0.3, -0.25) is 5.10 Å². The average Bonchev–Trinajstić information content (AvgIpc) is 2.70. The molecule has 8 heteroatoms. The standard InChI is InChI=1S/C12H11F3N2O2S/c1-7-10(11(17-16-7)12(13,14)15)8-3-5-9(6-4-8)20(2,18)19/h3-6H,1-2H3,(H,16,17). The molecule has 0 saturated heterocycles. The molecule has 0 amide bonds. The second-order valence-electron chi connectivity index (χ2n) is 4.37. The van der Waals surface area contributed by atoms with E-state index in [0.717, 1.165) is 6.26 Å². The highest BCUT2D eigenvalue weighted by atomic mass is 32.2. The van der Waals surface area contributed by atoms with Crippen LogP contribution in [0.3, 0.4) is 0 Å². The zero-order valence-corrected chi connectivity index (χ0v) is 11.4. The predicted molar refractivity (Wildman–Crippen MR) is 66.9 cm³/mol. The lowest BCUT2D eigenvalue weighted by Gasteiger charge is -2.08. The van der Waals surface area contributed by atoms with Gasteiger partial charge in [0.1, 0.15) is 0 Å². The van der Waals surface area contributed by atoms with E-state index in [1.807, 2.05) is 0 Å². The van der Waals surface area contributed by atoms with Crippen molar-refractivity contribution in [1.82, 2.24) is 10.2 Å². The summed E-state index contributed by atoms with van der Waals surface area (Å²) in [5.41, 5.74) is -0.555. The third-order valence-electron chi connectivity index (χ3n) is 2.79. The minimum atomic E-state index is -4.57. The summed E-state index contributed by atoms with van der Waals surface area (Å²) in [6.07, 6.45) is -3.54. The van der Waals surface area contributed by atoms with Gasteiger partial charge in [-0.05, 0) is 24.6 Å². The average molecular weight is 304 g/mol. The summed E-state index contributed by atoms with van der Waals surface area (Å²) in [5.74, 6) is 0. The number of nitrogens with zero attached hydrogens (tertiary/aromatic N) is 1. The van der Waals surface area contributed by atoms with E-state index in [2.05, 4.69) is 10.2 Å². The Morgan fingerprint density at radius 3 is 2.15 bits per heavy atom. The first kappa shape index (κ1) is 14.6. The van der Waals surface area contributed by atoms with Gasteiger partial charge >= 0.3 is 6.18 Å². The number of H-pyrrole nitrogens is 1. The van der Waals surface area contributed by atoms with Crippen LogP contribution < -0.4 is 0 Å². The number of nitrogens with one attached hydrogen (secondary N) is 1. The molecule has 1 N–H and O–H groups in total. The number of aromatic nitrogens is 2. The third-order valence-corrected chi connectivity index (χ3v) is 3.92. The second kappa shape index (κ2) is 4.62. The van der Waals surface area contributed by atoms with Gasteiger partial charge in [-0.1, -0.05) is 12.1 Å². The number of alkyl halides is 3. The monoisotopic (exact) mass is 304 g/mol. The smallest absolute Gasteiger partial charge is 0.282 e. The zero-order chi connectivity index (χ0) is 15.1. The zero-order valence-electron chi connectivity index (χ0n) is 10.6. The minimum absolute atomic E-state index is 0.0518. The Kier molecular flexibility index (Phi) is 3.37. The van der Waals surface area contributed by atoms with E-state index >= 15 is 0 Å². The molecule has 0 aliphatic heterocycles. The normalized spacial score (nSPS) is 12.7. The highest BCUT2D eigenvalue weighted by Crippen LogP contribution is 2.37. The van der Waals surface area contributed by atoms with Crippen LogP contribution in [0.15, 0.2) is 29.2 Å². The maximum absolute atomic E-state index is 12.8. The van der Waals surface area contributed by atoms with Crippen molar-refractivity contribution < 1.29 is 21.6 Å². The van der Waals surface area contributed by atoms with Crippen LogP contribution in [0.1, 0.15) is 11.4 Å². The molecule has 0 atom stereocenters. The molecule has 0 aliphatic rings. The summed E-state index contributed by atoms with van der Waals surface area (Å²) in [6.45, 7) is 1.47. The van der Waals surface area contributed by atoms with Gasteiger partial charge in [0.15, 0.2) is 15.5 Å². The van der Waals surface area contributed by atoms with Gasteiger partial charge < -0.3 is 0 Å². The first-order valence-electron chi connectivity index (χ1n) is 5.53. The molecule has 1 heterocycles. The van der Waals surface area contributed by atoms with E-state index in [1.165, 1.54) is 31.2 Å². The summed E-state index contributed by atoms with van der Waals surface area (Å²) < 4.78 is 61.2. The van der Waals surface area contributed by atoms with E-state index in [1.54, 1.807) is 0 Å². The van der Waals surface area contributed by atoms with Crippen LogP contribution >= 0.6 is 0 Å². The van der Waals surface area contributed by atoms with Crippen LogP contribution in [0.5, 0.6) is 0 Å². The molecule has 0 unspecified atom stereocenters. The Hall–Kier alpha value is -1.83. The van der Waals surface area contributed by atoms with Crippen LogP contribution in [0.4, 0.5) is 13.2 Å². The third kappa shape index (κ3) is 2.69. The number of aryl methyl sites for hydroxylation is 1. The Morgan fingerprint density at radius 2 is 1.70 bits per heavy atom. The van der Waals surface area contributed by atoms with Gasteiger partial charge in [0.25, 0.3) is 0 Å². The van der Waals surface area contributed by atoms with Gasteiger partial charge in [0, 0.05) is 17.5 Å². The van der Waals surface area contributed by atoms with Crippen LogP contribution in [0, 0.1) is 6.92 Å². The molecule has 4 nitrogen and oxygen atoms in total. The Bertz CT molecular complexity index is 731. The molecular formula is C12H11F3N2O2S. The number of halogens is 3. The highest BCUT2D eigenvalue weighted by molar-refractivity contribution is 7.90. The fraction of sp³-hybridized carbons (Fsp3) is 0.250. The maximum atomic E-state index is 12.8. The predicted octanol–water partition coefficient (Wildman–Crippen LogP) is 2.81. The lowest BCUT2D eigenvalue weighted by molar-refractivity contribution is -0.140. The van der Waals surface area contributed by atoms with Crippen LogP contribution in [-0.4, -0.2) is 24.9 Å². The molecule has 0 spiro atoms. The van der Waals surface area contributed by atoms with Crippen molar-refractivity contribution in [3.05, 3.63) is 35.7 Å². The van der Waals surface area contributed by atoms with Crippen molar-refractivity contribution in [3.8, 4) is 11.1 Å². The van der Waals surface area contributed by atoms with Crippen LogP contribution in [-0.2, 0) is 16.0 Å². The van der Waals surface area contributed by atoms with Gasteiger partial charge in [-0.2, -0.15) is 18.3 Å². The molecular weight excluding hydrogens is 293 g/mol. The van der Waals surface area contributed by atoms with Gasteiger partial charge in [-0.15, -0.1) is 0 Å². The quantitative estimate of drug-likeness (QED) is 0.928. The maximum Gasteiger partial charge on any atom is 0.435 e. The van der Waals surface area contributed by atoms with Crippen molar-refractivity contribution >= 4 is 9.84 Å². The Labute approximate surface area is 113 Å². The molecule has 0 radical (unpaired) electrons. The van der Waals surface area contributed by atoms with Crippen LogP contribution in [0.25, 0.3) is 11.1 Å². The van der Waals surface area contributed by atoms with E-state index < -0.39 is 21.7 Å². The summed E-state index contributed by atoms with van der Waals surface area (Å²) in [5, 5.41) is 5.57. The van der Waals surface area contributed by atoms with Crippen molar-refractivity contribution in [2.45, 2.75) is 18.0 Å². The van der Waals surface area contributed by atoms with Gasteiger partial charge in [0.05, 0.1) is 4.90 Å². The number of benzene rings is 1. The molecule has 0 saturated carbocycles. The molecule has 2 rings (SSSR count). The largest absolute Gasteiger partial charge is 0.435 e. The molecule has 0 aliphatic carbocycles. The summed E-state index contributed by atoms with van der Waals surface area (Å²) in [7, 11) is -3.38. The summed E-state index contributed by atoms with van der Waals surface area (Å²) in [6, 6.07) is 5.22. The number of aromatic amines is 1. The van der Waals surface area contributed by atoms with Crippen molar-refractivity contribution in [2.75, 3.05) is 6.26 Å². The van der Waals surface area contributed by atoms with Gasteiger partial charge in [-0.25, -0.2) is 8.42 Å². The lowest BCUT2D eigenvalue weighted by atomic mass is 10.0. The van der Waals surface area contributed by atoms with E-state index in [4.69, 9.17) is 0 Å². The number of hydrogen-bond donors (Lipinski definition) is 1. The number of rotatable bonds is 2. The Morgan fingerprint density at radius 1 is 1.15 bits per heavy atom. The van der Waals surface area contributed by atoms with E-state index in [-0.39, 0.29) is 21.7 Å². The molecule has 20 heavy (non-hydrogen) atoms. The number of sulfone groups is 1. The van der Waals surface area contributed by atoms with Gasteiger partial charge in [0.2, 0.25) is 0 Å². The fourth-order valence-electron chi connectivity index (χ4n) is 1.86. The fourth-order valence-corrected chi connectivity index (χ4v) is 2.49. The molecule has 0 fully saturated rings. The SMILES string of the molecule is Cc1[nH]nc(C(F)(F)F)c1-c1ccc(S(C)(=O)=O)cc1. The molecule has 1 aromatic carbocycles. The Balaban J connectivity index is 2.56. The van der Waals surface area contributed by atoms with E-state index in [0.29, 0.717) is 0 Å². The van der Waals surface area contributed by atoms with Crippen molar-refractivity contribution in [2.24, 2.45) is 0 Å². The first-order valence-corrected chi connectivity index (χ1v) is 7.42. The first-order chi connectivity index (χ1) is 9.10. The number of hydrogen-bond acceptors (Lipinski definition) is 3. The molecule has 0 bridgehead atoms. The molecule has 2 aromatic rings. The van der Waals surface area contributed by atoms with Crippen molar-refractivity contribution in [3.63, 3.8) is 0 Å². The summed E-state index contributed by atoms with van der Waals surface area (Å²) >= 11 is 0.